The maximum Gasteiger partial charge on any atom is 0.236 e. The molecule has 27 heavy (non-hydrogen) atoms. The SMILES string of the molecule is O=S(=O)(Cc1cccc(F)c1)Nc1ccccc1-c1cn2ccccc2n1. The van der Waals surface area contributed by atoms with Gasteiger partial charge in [-0.05, 0) is 35.9 Å². The summed E-state index contributed by atoms with van der Waals surface area (Å²) in [6, 6.07) is 18.3. The van der Waals surface area contributed by atoms with E-state index in [0.29, 0.717) is 22.5 Å². The van der Waals surface area contributed by atoms with Crippen molar-refractivity contribution in [3.05, 3.63) is 90.5 Å². The molecular formula is C20H16FN3O2S. The highest BCUT2D eigenvalue weighted by molar-refractivity contribution is 7.91. The summed E-state index contributed by atoms with van der Waals surface area (Å²) in [5, 5.41) is 0. The van der Waals surface area contributed by atoms with Gasteiger partial charge in [0.25, 0.3) is 0 Å². The quantitative estimate of drug-likeness (QED) is 0.566. The van der Waals surface area contributed by atoms with Crippen molar-refractivity contribution < 1.29 is 12.8 Å². The second kappa shape index (κ2) is 6.85. The fraction of sp³-hybridized carbons (Fsp3) is 0.0500. The molecule has 4 aromatic rings. The Morgan fingerprint density at radius 2 is 1.81 bits per heavy atom. The maximum atomic E-state index is 13.3. The number of pyridine rings is 1. The first-order chi connectivity index (χ1) is 13.0. The van der Waals surface area contributed by atoms with E-state index in [1.54, 1.807) is 18.2 Å². The van der Waals surface area contributed by atoms with Crippen molar-refractivity contribution in [3.8, 4) is 11.3 Å². The van der Waals surface area contributed by atoms with E-state index in [2.05, 4.69) is 9.71 Å². The molecule has 0 aliphatic rings. The molecule has 0 unspecified atom stereocenters. The zero-order chi connectivity index (χ0) is 18.9. The summed E-state index contributed by atoms with van der Waals surface area (Å²) in [5.74, 6) is -0.780. The molecule has 2 heterocycles. The number of anilines is 1. The van der Waals surface area contributed by atoms with Crippen molar-refractivity contribution in [2.75, 3.05) is 4.72 Å². The van der Waals surface area contributed by atoms with Crippen LogP contribution >= 0.6 is 0 Å². The van der Waals surface area contributed by atoms with Crippen LogP contribution in [-0.4, -0.2) is 17.8 Å². The lowest BCUT2D eigenvalue weighted by Gasteiger charge is -2.11. The number of imidazole rings is 1. The zero-order valence-corrected chi connectivity index (χ0v) is 15.0. The second-order valence-electron chi connectivity index (χ2n) is 6.13. The smallest absolute Gasteiger partial charge is 0.236 e. The van der Waals surface area contributed by atoms with E-state index >= 15 is 0 Å². The number of nitrogens with zero attached hydrogens (tertiary/aromatic N) is 2. The lowest BCUT2D eigenvalue weighted by atomic mass is 10.1. The van der Waals surface area contributed by atoms with Crippen molar-refractivity contribution in [2.24, 2.45) is 0 Å². The van der Waals surface area contributed by atoms with E-state index in [1.807, 2.05) is 47.1 Å². The van der Waals surface area contributed by atoms with Gasteiger partial charge in [-0.15, -0.1) is 0 Å². The van der Waals surface area contributed by atoms with Gasteiger partial charge in [0.05, 0.1) is 17.1 Å². The van der Waals surface area contributed by atoms with Gasteiger partial charge in [-0.3, -0.25) is 4.72 Å². The van der Waals surface area contributed by atoms with Crippen LogP contribution in [0.4, 0.5) is 10.1 Å². The van der Waals surface area contributed by atoms with Crippen molar-refractivity contribution in [2.45, 2.75) is 5.75 Å². The highest BCUT2D eigenvalue weighted by atomic mass is 32.2. The van der Waals surface area contributed by atoms with Crippen molar-refractivity contribution in [1.29, 1.82) is 0 Å². The van der Waals surface area contributed by atoms with Crippen LogP contribution in [-0.2, 0) is 15.8 Å². The van der Waals surface area contributed by atoms with Gasteiger partial charge < -0.3 is 4.40 Å². The summed E-state index contributed by atoms with van der Waals surface area (Å²) in [7, 11) is -3.72. The summed E-state index contributed by atoms with van der Waals surface area (Å²) >= 11 is 0. The Hall–Kier alpha value is -3.19. The molecule has 0 atom stereocenters. The number of sulfonamides is 1. The van der Waals surface area contributed by atoms with Crippen LogP contribution in [0.2, 0.25) is 0 Å². The molecule has 0 aliphatic carbocycles. The average molecular weight is 381 g/mol. The first-order valence-electron chi connectivity index (χ1n) is 8.28. The topological polar surface area (TPSA) is 63.5 Å². The molecule has 0 fully saturated rings. The molecule has 0 amide bonds. The van der Waals surface area contributed by atoms with Gasteiger partial charge in [-0.1, -0.05) is 36.4 Å². The lowest BCUT2D eigenvalue weighted by Crippen LogP contribution is -2.15. The van der Waals surface area contributed by atoms with Crippen LogP contribution < -0.4 is 4.72 Å². The zero-order valence-electron chi connectivity index (χ0n) is 14.2. The first-order valence-corrected chi connectivity index (χ1v) is 9.93. The van der Waals surface area contributed by atoms with E-state index in [9.17, 15) is 12.8 Å². The third kappa shape index (κ3) is 3.83. The minimum atomic E-state index is -3.72. The van der Waals surface area contributed by atoms with Crippen molar-refractivity contribution >= 4 is 21.4 Å². The minimum Gasteiger partial charge on any atom is -0.306 e. The van der Waals surface area contributed by atoms with Crippen LogP contribution in [0.15, 0.2) is 79.1 Å². The molecule has 2 aromatic heterocycles. The number of para-hydroxylation sites is 1. The molecule has 136 valence electrons. The van der Waals surface area contributed by atoms with Gasteiger partial charge in [0.1, 0.15) is 11.5 Å². The molecule has 7 heteroatoms. The highest BCUT2D eigenvalue weighted by Gasteiger charge is 2.16. The molecule has 0 saturated heterocycles. The van der Waals surface area contributed by atoms with Crippen LogP contribution in [0.5, 0.6) is 0 Å². The van der Waals surface area contributed by atoms with Crippen LogP contribution in [0.1, 0.15) is 5.56 Å². The van der Waals surface area contributed by atoms with Gasteiger partial charge in [0.15, 0.2) is 0 Å². The van der Waals surface area contributed by atoms with Crippen LogP contribution in [0, 0.1) is 5.82 Å². The average Bonchev–Trinajstić information content (AvgIpc) is 3.05. The second-order valence-corrected chi connectivity index (χ2v) is 7.85. The lowest BCUT2D eigenvalue weighted by molar-refractivity contribution is 0.599. The fourth-order valence-corrected chi connectivity index (χ4v) is 4.11. The number of aromatic nitrogens is 2. The van der Waals surface area contributed by atoms with Crippen LogP contribution in [0.25, 0.3) is 16.9 Å². The Labute approximate surface area is 156 Å². The molecule has 0 saturated carbocycles. The number of hydrogen-bond acceptors (Lipinski definition) is 3. The maximum absolute atomic E-state index is 13.3. The van der Waals surface area contributed by atoms with E-state index in [1.165, 1.54) is 18.2 Å². The molecule has 4 rings (SSSR count). The van der Waals surface area contributed by atoms with E-state index in [4.69, 9.17) is 0 Å². The van der Waals surface area contributed by atoms with Gasteiger partial charge in [-0.25, -0.2) is 17.8 Å². The Morgan fingerprint density at radius 1 is 1.00 bits per heavy atom. The van der Waals surface area contributed by atoms with Gasteiger partial charge in [0.2, 0.25) is 10.0 Å². The molecule has 0 aliphatic heterocycles. The van der Waals surface area contributed by atoms with Gasteiger partial charge in [0, 0.05) is 18.0 Å². The summed E-state index contributed by atoms with van der Waals surface area (Å²) < 4.78 is 43.0. The summed E-state index contributed by atoms with van der Waals surface area (Å²) in [5.41, 5.74) is 2.91. The Kier molecular flexibility index (Phi) is 4.37. The number of rotatable bonds is 5. The molecule has 1 N–H and O–H groups in total. The Balaban J connectivity index is 1.66. The van der Waals surface area contributed by atoms with Crippen molar-refractivity contribution in [1.82, 2.24) is 9.38 Å². The number of fused-ring (bicyclic) bond motifs is 1. The highest BCUT2D eigenvalue weighted by Crippen LogP contribution is 2.28. The first kappa shape index (κ1) is 17.2. The van der Waals surface area contributed by atoms with Crippen molar-refractivity contribution in [3.63, 3.8) is 0 Å². The summed E-state index contributed by atoms with van der Waals surface area (Å²) in [6.07, 6.45) is 3.72. The van der Waals surface area contributed by atoms with E-state index < -0.39 is 15.8 Å². The normalized spacial score (nSPS) is 11.6. The third-order valence-electron chi connectivity index (χ3n) is 4.08. The Bertz CT molecular complexity index is 1190. The number of benzene rings is 2. The minimum absolute atomic E-state index is 0.315. The van der Waals surface area contributed by atoms with E-state index in [0.717, 1.165) is 5.65 Å². The Morgan fingerprint density at radius 3 is 2.63 bits per heavy atom. The molecular weight excluding hydrogens is 365 g/mol. The van der Waals surface area contributed by atoms with E-state index in [-0.39, 0.29) is 5.75 Å². The summed E-state index contributed by atoms with van der Waals surface area (Å²) in [4.78, 5) is 4.55. The molecule has 0 radical (unpaired) electrons. The number of halogens is 1. The van der Waals surface area contributed by atoms with Crippen LogP contribution in [0.3, 0.4) is 0 Å². The standard InChI is InChI=1S/C20H16FN3O2S/c21-16-7-5-6-15(12-16)14-27(25,26)23-18-9-2-1-8-17(18)19-13-24-11-4-3-10-20(24)22-19/h1-13,23H,14H2. The monoisotopic (exact) mass is 381 g/mol. The molecule has 5 nitrogen and oxygen atoms in total. The molecule has 0 bridgehead atoms. The summed E-state index contributed by atoms with van der Waals surface area (Å²) in [6.45, 7) is 0. The predicted molar refractivity (Wildman–Crippen MR) is 103 cm³/mol. The van der Waals surface area contributed by atoms with Gasteiger partial charge >= 0.3 is 0 Å². The van der Waals surface area contributed by atoms with Gasteiger partial charge in [-0.2, -0.15) is 0 Å². The largest absolute Gasteiger partial charge is 0.306 e. The number of hydrogen-bond donors (Lipinski definition) is 1. The fourth-order valence-electron chi connectivity index (χ4n) is 2.91. The number of nitrogens with one attached hydrogen (secondary N) is 1. The predicted octanol–water partition coefficient (Wildman–Crippen LogP) is 4.08. The molecule has 2 aromatic carbocycles. The molecule has 0 spiro atoms. The third-order valence-corrected chi connectivity index (χ3v) is 5.32.